The molecule has 1 amide bonds. The minimum Gasteiger partial charge on any atom is -0.461 e. The summed E-state index contributed by atoms with van der Waals surface area (Å²) in [7, 11) is -3.75. The van der Waals surface area contributed by atoms with Crippen LogP contribution in [0.4, 0.5) is 0 Å². The van der Waals surface area contributed by atoms with Crippen molar-refractivity contribution in [2.75, 3.05) is 19.6 Å². The predicted octanol–water partition coefficient (Wildman–Crippen LogP) is 1.88. The average Bonchev–Trinajstić information content (AvgIpc) is 3.27. The normalized spacial score (nSPS) is 24.6. The third-order valence-corrected chi connectivity index (χ3v) is 6.72. The van der Waals surface area contributed by atoms with Crippen molar-refractivity contribution in [3.05, 3.63) is 36.1 Å². The lowest BCUT2D eigenvalue weighted by Gasteiger charge is -2.34. The topological polar surface area (TPSA) is 96.8 Å². The van der Waals surface area contributed by atoms with Crippen molar-refractivity contribution in [2.45, 2.75) is 38.1 Å². The number of piperidine rings is 1. The van der Waals surface area contributed by atoms with Crippen LogP contribution in [0.15, 0.2) is 34.7 Å². The molecule has 2 N–H and O–H groups in total. The molecule has 0 bridgehead atoms. The van der Waals surface area contributed by atoms with Gasteiger partial charge >= 0.3 is 0 Å². The van der Waals surface area contributed by atoms with Crippen LogP contribution < -0.4 is 5.14 Å². The molecule has 4 rings (SSSR count). The summed E-state index contributed by atoms with van der Waals surface area (Å²) in [6.07, 6.45) is 3.95. The van der Waals surface area contributed by atoms with Crippen LogP contribution in [0.2, 0.25) is 0 Å². The minimum atomic E-state index is -3.75. The van der Waals surface area contributed by atoms with E-state index < -0.39 is 10.2 Å². The molecule has 2 unspecified atom stereocenters. The van der Waals surface area contributed by atoms with Crippen molar-refractivity contribution < 1.29 is 17.6 Å². The number of benzene rings is 1. The monoisotopic (exact) mass is 391 g/mol. The zero-order valence-corrected chi connectivity index (χ0v) is 16.0. The highest BCUT2D eigenvalue weighted by molar-refractivity contribution is 7.86. The zero-order valence-electron chi connectivity index (χ0n) is 15.2. The second-order valence-electron chi connectivity index (χ2n) is 7.52. The molecule has 1 aromatic carbocycles. The third kappa shape index (κ3) is 3.88. The van der Waals surface area contributed by atoms with E-state index >= 15 is 0 Å². The number of carbonyl (C=O) groups is 1. The highest BCUT2D eigenvalue weighted by atomic mass is 32.2. The van der Waals surface area contributed by atoms with Crippen molar-refractivity contribution in [3.63, 3.8) is 0 Å². The van der Waals surface area contributed by atoms with Gasteiger partial charge in [0.05, 0.1) is 5.92 Å². The number of carbonyl (C=O) groups excluding carboxylic acids is 1. The summed E-state index contributed by atoms with van der Waals surface area (Å²) in [4.78, 5) is 15.0. The maximum absolute atomic E-state index is 13.1. The Labute approximate surface area is 159 Å². The van der Waals surface area contributed by atoms with E-state index in [9.17, 15) is 13.2 Å². The van der Waals surface area contributed by atoms with Gasteiger partial charge in [-0.1, -0.05) is 18.2 Å². The number of rotatable bonds is 4. The first kappa shape index (κ1) is 18.5. The lowest BCUT2D eigenvalue weighted by molar-refractivity contribution is -0.137. The summed E-state index contributed by atoms with van der Waals surface area (Å²) in [5, 5.41) is 6.32. The van der Waals surface area contributed by atoms with Crippen LogP contribution in [-0.2, 0) is 21.4 Å². The SMILES string of the molecule is NS(=O)(=O)N1CCCC(C(=O)N2CCCC2Cc2cc3ccccc3o2)C1. The Morgan fingerprint density at radius 2 is 1.96 bits per heavy atom. The molecule has 2 aliphatic rings. The van der Waals surface area contributed by atoms with Crippen molar-refractivity contribution in [3.8, 4) is 0 Å². The van der Waals surface area contributed by atoms with Crippen molar-refractivity contribution in [1.82, 2.24) is 9.21 Å². The molecular weight excluding hydrogens is 366 g/mol. The summed E-state index contributed by atoms with van der Waals surface area (Å²) in [5.41, 5.74) is 0.861. The number of para-hydroxylation sites is 1. The van der Waals surface area contributed by atoms with Crippen LogP contribution >= 0.6 is 0 Å². The van der Waals surface area contributed by atoms with Gasteiger partial charge in [-0.05, 0) is 37.8 Å². The molecule has 1 aromatic heterocycles. The predicted molar refractivity (Wildman–Crippen MR) is 102 cm³/mol. The molecule has 2 aliphatic heterocycles. The van der Waals surface area contributed by atoms with Crippen LogP contribution in [0, 0.1) is 5.92 Å². The lowest BCUT2D eigenvalue weighted by Crippen LogP contribution is -2.49. The van der Waals surface area contributed by atoms with E-state index in [1.54, 1.807) is 0 Å². The fraction of sp³-hybridized carbons (Fsp3) is 0.526. The van der Waals surface area contributed by atoms with Gasteiger partial charge in [0.15, 0.2) is 0 Å². The molecule has 0 radical (unpaired) electrons. The molecule has 2 saturated heterocycles. The first-order valence-electron chi connectivity index (χ1n) is 9.47. The number of nitrogens with two attached hydrogens (primary N) is 1. The fourth-order valence-corrected chi connectivity index (χ4v) is 5.09. The minimum absolute atomic E-state index is 0.0435. The third-order valence-electron chi connectivity index (χ3n) is 5.67. The number of hydrogen-bond donors (Lipinski definition) is 1. The van der Waals surface area contributed by atoms with E-state index in [4.69, 9.17) is 9.56 Å². The standard InChI is InChI=1S/C19H25N3O4S/c20-27(24,25)21-9-3-6-15(13-21)19(23)22-10-4-7-16(22)12-17-11-14-5-1-2-8-18(14)26-17/h1-2,5,8,11,15-16H,3-4,6-7,9-10,12-13H2,(H2,20,24,25). The molecule has 8 heteroatoms. The summed E-state index contributed by atoms with van der Waals surface area (Å²) in [6.45, 7) is 1.30. The van der Waals surface area contributed by atoms with E-state index in [1.165, 1.54) is 4.31 Å². The number of fused-ring (bicyclic) bond motifs is 1. The van der Waals surface area contributed by atoms with E-state index in [0.29, 0.717) is 25.8 Å². The van der Waals surface area contributed by atoms with Gasteiger partial charge < -0.3 is 9.32 Å². The second-order valence-corrected chi connectivity index (χ2v) is 9.07. The lowest BCUT2D eigenvalue weighted by atomic mass is 9.97. The Balaban J connectivity index is 1.46. The number of furan rings is 1. The Morgan fingerprint density at radius 3 is 2.74 bits per heavy atom. The number of nitrogens with zero attached hydrogens (tertiary/aromatic N) is 2. The van der Waals surface area contributed by atoms with Gasteiger partial charge in [0.25, 0.3) is 10.2 Å². The Hall–Kier alpha value is -1.90. The largest absolute Gasteiger partial charge is 0.461 e. The number of amides is 1. The zero-order chi connectivity index (χ0) is 19.0. The molecular formula is C19H25N3O4S. The quantitative estimate of drug-likeness (QED) is 0.860. The summed E-state index contributed by atoms with van der Waals surface area (Å²) >= 11 is 0. The smallest absolute Gasteiger partial charge is 0.276 e. The highest BCUT2D eigenvalue weighted by Crippen LogP contribution is 2.28. The Kier molecular flexibility index (Phi) is 4.96. The number of likely N-dealkylation sites (tertiary alicyclic amines) is 1. The van der Waals surface area contributed by atoms with Crippen LogP contribution in [-0.4, -0.2) is 49.2 Å². The molecule has 146 valence electrons. The maximum Gasteiger partial charge on any atom is 0.276 e. The highest BCUT2D eigenvalue weighted by Gasteiger charge is 2.37. The molecule has 2 atom stereocenters. The van der Waals surface area contributed by atoms with Gasteiger partial charge in [-0.15, -0.1) is 0 Å². The summed E-state index contributed by atoms with van der Waals surface area (Å²) in [5.74, 6) is 0.617. The van der Waals surface area contributed by atoms with E-state index in [0.717, 1.165) is 36.1 Å². The molecule has 27 heavy (non-hydrogen) atoms. The average molecular weight is 391 g/mol. The fourth-order valence-electron chi connectivity index (χ4n) is 4.32. The molecule has 0 aliphatic carbocycles. The van der Waals surface area contributed by atoms with Gasteiger partial charge in [0.1, 0.15) is 11.3 Å². The Bertz CT molecular complexity index is 906. The summed E-state index contributed by atoms with van der Waals surface area (Å²) < 4.78 is 30.4. The second kappa shape index (κ2) is 7.26. The van der Waals surface area contributed by atoms with Gasteiger partial charge in [-0.3, -0.25) is 4.79 Å². The molecule has 2 fully saturated rings. The van der Waals surface area contributed by atoms with Crippen LogP contribution in [0.3, 0.4) is 0 Å². The van der Waals surface area contributed by atoms with Crippen molar-refractivity contribution in [2.24, 2.45) is 11.1 Å². The molecule has 2 aromatic rings. The van der Waals surface area contributed by atoms with E-state index in [1.807, 2.05) is 35.2 Å². The Morgan fingerprint density at radius 1 is 1.19 bits per heavy atom. The first-order valence-corrected chi connectivity index (χ1v) is 11.0. The van der Waals surface area contributed by atoms with Gasteiger partial charge in [0.2, 0.25) is 5.91 Å². The molecule has 0 spiro atoms. The van der Waals surface area contributed by atoms with E-state index in [2.05, 4.69) is 0 Å². The molecule has 0 saturated carbocycles. The van der Waals surface area contributed by atoms with Crippen LogP contribution in [0.1, 0.15) is 31.4 Å². The van der Waals surface area contributed by atoms with Crippen LogP contribution in [0.5, 0.6) is 0 Å². The van der Waals surface area contributed by atoms with Crippen molar-refractivity contribution >= 4 is 27.1 Å². The van der Waals surface area contributed by atoms with E-state index in [-0.39, 0.29) is 24.4 Å². The van der Waals surface area contributed by atoms with Crippen molar-refractivity contribution in [1.29, 1.82) is 0 Å². The van der Waals surface area contributed by atoms with Gasteiger partial charge in [-0.2, -0.15) is 12.7 Å². The van der Waals surface area contributed by atoms with Crippen LogP contribution in [0.25, 0.3) is 11.0 Å². The molecule has 3 heterocycles. The molecule has 7 nitrogen and oxygen atoms in total. The maximum atomic E-state index is 13.1. The number of hydrogen-bond acceptors (Lipinski definition) is 4. The van der Waals surface area contributed by atoms with Gasteiger partial charge in [-0.25, -0.2) is 5.14 Å². The van der Waals surface area contributed by atoms with Gasteiger partial charge in [0, 0.05) is 37.5 Å². The first-order chi connectivity index (χ1) is 12.9. The summed E-state index contributed by atoms with van der Waals surface area (Å²) in [6, 6.07) is 10.0.